The van der Waals surface area contributed by atoms with Gasteiger partial charge in [0.05, 0.1) is 0 Å². The molecule has 1 rings (SSSR count). The first-order chi connectivity index (χ1) is 5.72. The summed E-state index contributed by atoms with van der Waals surface area (Å²) in [5.41, 5.74) is 5.87. The zero-order chi connectivity index (χ0) is 8.97. The molecule has 0 aliphatic heterocycles. The molecular formula is C8H10BrFN2. The monoisotopic (exact) mass is 232 g/mol. The smallest absolute Gasteiger partial charge is 0.118 e. The molecule has 0 aliphatic carbocycles. The van der Waals surface area contributed by atoms with E-state index < -0.39 is 6.17 Å². The highest BCUT2D eigenvalue weighted by Crippen LogP contribution is 2.09. The summed E-state index contributed by atoms with van der Waals surface area (Å²) < 4.78 is 13.6. The van der Waals surface area contributed by atoms with Gasteiger partial charge in [0.15, 0.2) is 0 Å². The summed E-state index contributed by atoms with van der Waals surface area (Å²) in [7, 11) is 0. The Kier molecular flexibility index (Phi) is 3.62. The van der Waals surface area contributed by atoms with Crippen LogP contribution in [-0.4, -0.2) is 17.7 Å². The van der Waals surface area contributed by atoms with Crippen LogP contribution in [0.3, 0.4) is 0 Å². The maximum absolute atomic E-state index is 12.7. The molecule has 1 heterocycles. The number of aromatic nitrogens is 1. The fourth-order valence-corrected chi connectivity index (χ4v) is 1.07. The molecule has 66 valence electrons. The highest BCUT2D eigenvalue weighted by molar-refractivity contribution is 9.10. The molecule has 0 radical (unpaired) electrons. The number of pyridine rings is 1. The van der Waals surface area contributed by atoms with Gasteiger partial charge in [-0.1, -0.05) is 0 Å². The molecule has 1 atom stereocenters. The molecule has 0 saturated carbocycles. The predicted octanol–water partition coefficient (Wildman–Crippen LogP) is 1.68. The van der Waals surface area contributed by atoms with Crippen molar-refractivity contribution >= 4 is 15.9 Å². The zero-order valence-corrected chi connectivity index (χ0v) is 8.09. The van der Waals surface area contributed by atoms with E-state index in [-0.39, 0.29) is 6.54 Å². The van der Waals surface area contributed by atoms with Crippen molar-refractivity contribution in [3.63, 3.8) is 0 Å². The molecule has 0 spiro atoms. The number of hydrogen-bond donors (Lipinski definition) is 1. The van der Waals surface area contributed by atoms with Gasteiger partial charge in [0, 0.05) is 29.3 Å². The van der Waals surface area contributed by atoms with Crippen LogP contribution in [0, 0.1) is 0 Å². The fraction of sp³-hybridized carbons (Fsp3) is 0.375. The lowest BCUT2D eigenvalue weighted by atomic mass is 10.2. The first-order valence-corrected chi connectivity index (χ1v) is 4.46. The molecule has 1 unspecified atom stereocenters. The minimum Gasteiger partial charge on any atom is -0.328 e. The van der Waals surface area contributed by atoms with Crippen LogP contribution in [0.1, 0.15) is 5.69 Å². The molecule has 2 N–H and O–H groups in total. The van der Waals surface area contributed by atoms with Crippen molar-refractivity contribution in [3.05, 3.63) is 28.5 Å². The molecule has 0 bridgehead atoms. The molecule has 1 aromatic heterocycles. The van der Waals surface area contributed by atoms with Crippen LogP contribution >= 0.6 is 15.9 Å². The largest absolute Gasteiger partial charge is 0.328 e. The average Bonchev–Trinajstić information content (AvgIpc) is 2.09. The second-order valence-corrected chi connectivity index (χ2v) is 3.42. The number of hydrogen-bond acceptors (Lipinski definition) is 2. The highest BCUT2D eigenvalue weighted by atomic mass is 79.9. The molecule has 0 aliphatic rings. The van der Waals surface area contributed by atoms with E-state index in [1.54, 1.807) is 12.3 Å². The summed E-state index contributed by atoms with van der Waals surface area (Å²) >= 11 is 3.25. The minimum atomic E-state index is -0.987. The maximum atomic E-state index is 12.7. The average molecular weight is 233 g/mol. The Balaban J connectivity index is 2.58. The second kappa shape index (κ2) is 4.52. The molecule has 12 heavy (non-hydrogen) atoms. The molecule has 0 aromatic carbocycles. The van der Waals surface area contributed by atoms with Gasteiger partial charge >= 0.3 is 0 Å². The van der Waals surface area contributed by atoms with Gasteiger partial charge in [-0.15, -0.1) is 0 Å². The Morgan fingerprint density at radius 2 is 2.33 bits per heavy atom. The second-order valence-electron chi connectivity index (χ2n) is 2.50. The van der Waals surface area contributed by atoms with Crippen LogP contribution in [0.4, 0.5) is 4.39 Å². The van der Waals surface area contributed by atoms with Crippen molar-refractivity contribution in [1.82, 2.24) is 4.98 Å². The molecule has 0 fully saturated rings. The Bertz CT molecular complexity index is 237. The van der Waals surface area contributed by atoms with Crippen molar-refractivity contribution in [1.29, 1.82) is 0 Å². The van der Waals surface area contributed by atoms with E-state index in [4.69, 9.17) is 5.73 Å². The van der Waals surface area contributed by atoms with Crippen LogP contribution in [0.5, 0.6) is 0 Å². The van der Waals surface area contributed by atoms with Crippen molar-refractivity contribution in [2.24, 2.45) is 5.73 Å². The highest BCUT2D eigenvalue weighted by Gasteiger charge is 2.05. The van der Waals surface area contributed by atoms with Crippen molar-refractivity contribution < 1.29 is 4.39 Å². The van der Waals surface area contributed by atoms with Crippen molar-refractivity contribution in [2.75, 3.05) is 6.54 Å². The van der Waals surface area contributed by atoms with Crippen LogP contribution in [0.25, 0.3) is 0 Å². The van der Waals surface area contributed by atoms with E-state index >= 15 is 0 Å². The number of nitrogens with two attached hydrogens (primary N) is 1. The third-order valence-corrected chi connectivity index (χ3v) is 1.94. The van der Waals surface area contributed by atoms with Crippen molar-refractivity contribution in [3.8, 4) is 0 Å². The van der Waals surface area contributed by atoms with Gasteiger partial charge in [-0.25, -0.2) is 4.39 Å². The zero-order valence-electron chi connectivity index (χ0n) is 6.50. The Morgan fingerprint density at radius 1 is 1.58 bits per heavy atom. The fourth-order valence-electron chi connectivity index (χ4n) is 0.837. The third-order valence-electron chi connectivity index (χ3n) is 1.48. The topological polar surface area (TPSA) is 38.9 Å². The molecule has 0 saturated heterocycles. The number of halogens is 2. The standard InChI is InChI=1S/C8H10BrFN2/c9-6-1-2-8(12-5-6)3-7(10)4-11/h1-2,5,7H,3-4,11H2. The van der Waals surface area contributed by atoms with Crippen LogP contribution in [0.2, 0.25) is 0 Å². The summed E-state index contributed by atoms with van der Waals surface area (Å²) in [6.07, 6.45) is 0.959. The Labute approximate surface area is 79.1 Å². The number of nitrogens with zero attached hydrogens (tertiary/aromatic N) is 1. The lowest BCUT2D eigenvalue weighted by molar-refractivity contribution is 0.338. The quantitative estimate of drug-likeness (QED) is 0.862. The first-order valence-electron chi connectivity index (χ1n) is 3.67. The van der Waals surface area contributed by atoms with Gasteiger partial charge in [0.2, 0.25) is 0 Å². The van der Waals surface area contributed by atoms with Gasteiger partial charge in [0.25, 0.3) is 0 Å². The third kappa shape index (κ3) is 2.87. The number of alkyl halides is 1. The van der Waals surface area contributed by atoms with E-state index in [0.717, 1.165) is 10.2 Å². The SMILES string of the molecule is NCC(F)Cc1ccc(Br)cn1. The normalized spacial score (nSPS) is 12.9. The first kappa shape index (κ1) is 9.61. The summed E-state index contributed by atoms with van der Waals surface area (Å²) in [5, 5.41) is 0. The summed E-state index contributed by atoms with van der Waals surface area (Å²) in [6.45, 7) is 0.0533. The van der Waals surface area contributed by atoms with Crippen LogP contribution in [0.15, 0.2) is 22.8 Å². The summed E-state index contributed by atoms with van der Waals surface area (Å²) in [6, 6.07) is 3.62. The predicted molar refractivity (Wildman–Crippen MR) is 49.6 cm³/mol. The Hall–Kier alpha value is -0.480. The lowest BCUT2D eigenvalue weighted by Crippen LogP contribution is -2.18. The lowest BCUT2D eigenvalue weighted by Gasteiger charge is -2.03. The summed E-state index contributed by atoms with van der Waals surface area (Å²) in [5.74, 6) is 0. The summed E-state index contributed by atoms with van der Waals surface area (Å²) in [4.78, 5) is 4.02. The maximum Gasteiger partial charge on any atom is 0.118 e. The van der Waals surface area contributed by atoms with Gasteiger partial charge < -0.3 is 5.73 Å². The van der Waals surface area contributed by atoms with Gasteiger partial charge in [0.1, 0.15) is 6.17 Å². The van der Waals surface area contributed by atoms with E-state index in [2.05, 4.69) is 20.9 Å². The van der Waals surface area contributed by atoms with E-state index in [9.17, 15) is 4.39 Å². The molecular weight excluding hydrogens is 223 g/mol. The molecule has 1 aromatic rings. The van der Waals surface area contributed by atoms with E-state index in [1.807, 2.05) is 6.07 Å². The Morgan fingerprint density at radius 3 is 2.83 bits per heavy atom. The van der Waals surface area contributed by atoms with Crippen LogP contribution in [-0.2, 0) is 6.42 Å². The van der Waals surface area contributed by atoms with Crippen molar-refractivity contribution in [2.45, 2.75) is 12.6 Å². The van der Waals surface area contributed by atoms with E-state index in [0.29, 0.717) is 6.42 Å². The van der Waals surface area contributed by atoms with Gasteiger partial charge in [-0.05, 0) is 28.1 Å². The van der Waals surface area contributed by atoms with Crippen LogP contribution < -0.4 is 5.73 Å². The minimum absolute atomic E-state index is 0.0533. The van der Waals surface area contributed by atoms with Gasteiger partial charge in [-0.2, -0.15) is 0 Å². The van der Waals surface area contributed by atoms with E-state index in [1.165, 1.54) is 0 Å². The molecule has 4 heteroatoms. The molecule has 0 amide bonds. The van der Waals surface area contributed by atoms with Gasteiger partial charge in [-0.3, -0.25) is 4.98 Å². The molecule has 2 nitrogen and oxygen atoms in total. The number of rotatable bonds is 3.